The minimum atomic E-state index is -1.17. The monoisotopic (exact) mass is 544 g/mol. The first kappa shape index (κ1) is 28.8. The number of aromatic nitrogens is 1. The number of aliphatic carboxylic acids is 1. The average Bonchev–Trinajstić information content (AvgIpc) is 2.91. The molecule has 2 N–H and O–H groups in total. The van der Waals surface area contributed by atoms with Crippen LogP contribution in [0.3, 0.4) is 0 Å². The second-order valence-corrected chi connectivity index (χ2v) is 10.5. The molecule has 9 heteroatoms. The average molecular weight is 545 g/mol. The second-order valence-electron chi connectivity index (χ2n) is 10.5. The molecule has 210 valence electrons. The molecule has 1 aliphatic heterocycles. The van der Waals surface area contributed by atoms with Crippen molar-refractivity contribution in [2.24, 2.45) is 5.41 Å². The van der Waals surface area contributed by atoms with E-state index in [9.17, 15) is 28.2 Å². The molecule has 0 bridgehead atoms. The van der Waals surface area contributed by atoms with Gasteiger partial charge in [-0.2, -0.15) is 0 Å². The lowest BCUT2D eigenvalue weighted by Gasteiger charge is -2.41. The quantitative estimate of drug-likeness (QED) is 0.286. The predicted octanol–water partition coefficient (Wildman–Crippen LogP) is 5.67. The number of carbonyl (C=O) groups is 1. The Morgan fingerprint density at radius 3 is 2.54 bits per heavy atom. The van der Waals surface area contributed by atoms with Gasteiger partial charge in [-0.3, -0.25) is 9.78 Å². The topological polar surface area (TPSA) is 82.9 Å². The maximum atomic E-state index is 13.9. The number of rotatable bonds is 12. The van der Waals surface area contributed by atoms with E-state index in [1.165, 1.54) is 0 Å². The first-order chi connectivity index (χ1) is 18.7. The van der Waals surface area contributed by atoms with Crippen LogP contribution >= 0.6 is 0 Å². The summed E-state index contributed by atoms with van der Waals surface area (Å²) in [6, 6.07) is 7.24. The van der Waals surface area contributed by atoms with Crippen LogP contribution in [0.1, 0.15) is 55.2 Å². The van der Waals surface area contributed by atoms with Crippen LogP contribution in [0.2, 0.25) is 0 Å². The lowest BCUT2D eigenvalue weighted by Crippen LogP contribution is -2.41. The number of piperidine rings is 1. The molecule has 1 saturated heterocycles. The van der Waals surface area contributed by atoms with Gasteiger partial charge in [0.2, 0.25) is 0 Å². The van der Waals surface area contributed by atoms with Gasteiger partial charge in [-0.1, -0.05) is 0 Å². The molecule has 0 spiro atoms. The lowest BCUT2D eigenvalue weighted by atomic mass is 9.71. The van der Waals surface area contributed by atoms with E-state index < -0.39 is 23.4 Å². The van der Waals surface area contributed by atoms with Crippen molar-refractivity contribution in [3.05, 3.63) is 70.7 Å². The van der Waals surface area contributed by atoms with E-state index in [4.69, 9.17) is 4.74 Å². The Bertz CT molecular complexity index is 1300. The molecule has 4 rings (SSSR count). The van der Waals surface area contributed by atoms with Gasteiger partial charge in [-0.25, -0.2) is 13.2 Å². The van der Waals surface area contributed by atoms with Crippen molar-refractivity contribution in [3.8, 4) is 5.75 Å². The van der Waals surface area contributed by atoms with Crippen LogP contribution in [0, 0.1) is 22.9 Å². The number of benzene rings is 2. The molecule has 1 aromatic heterocycles. The summed E-state index contributed by atoms with van der Waals surface area (Å²) < 4.78 is 46.3. The minimum absolute atomic E-state index is 0.0354. The molecule has 0 radical (unpaired) electrons. The standard InChI is InChI=1S/C30H35F3N2O4/c1-39-23-6-7-27-25(16-23)24(21(19-36)18-34-27)5-2-8-30(17-28(37)38)9-12-35(13-10-30)11-3-4-20-14-22(31)15-26(32)29(20)33/h6-7,14-16,18,36H,2-5,8-13,17,19H2,1H3,(H,37,38). The van der Waals surface area contributed by atoms with Gasteiger partial charge in [0.25, 0.3) is 0 Å². The van der Waals surface area contributed by atoms with Crippen molar-refractivity contribution >= 4 is 16.9 Å². The zero-order valence-electron chi connectivity index (χ0n) is 22.2. The number of halogens is 3. The van der Waals surface area contributed by atoms with E-state index in [1.807, 2.05) is 18.2 Å². The fourth-order valence-corrected chi connectivity index (χ4v) is 5.84. The summed E-state index contributed by atoms with van der Waals surface area (Å²) in [6.45, 7) is 1.94. The van der Waals surface area contributed by atoms with Crippen LogP contribution in [0.4, 0.5) is 13.2 Å². The zero-order valence-corrected chi connectivity index (χ0v) is 22.2. The largest absolute Gasteiger partial charge is 0.497 e. The molecule has 1 aliphatic rings. The Morgan fingerprint density at radius 2 is 1.85 bits per heavy atom. The Kier molecular flexibility index (Phi) is 9.45. The van der Waals surface area contributed by atoms with E-state index in [-0.39, 0.29) is 30.4 Å². The number of methoxy groups -OCH3 is 1. The summed E-state index contributed by atoms with van der Waals surface area (Å²) in [5.41, 5.74) is 2.28. The number of aliphatic hydroxyl groups is 1. The molecule has 0 atom stereocenters. The second kappa shape index (κ2) is 12.8. The lowest BCUT2D eigenvalue weighted by molar-refractivity contribution is -0.140. The van der Waals surface area contributed by atoms with Gasteiger partial charge in [0, 0.05) is 17.6 Å². The zero-order chi connectivity index (χ0) is 28.0. The normalized spacial score (nSPS) is 15.5. The highest BCUT2D eigenvalue weighted by molar-refractivity contribution is 5.84. The highest BCUT2D eigenvalue weighted by Gasteiger charge is 2.36. The number of fused-ring (bicyclic) bond motifs is 1. The first-order valence-electron chi connectivity index (χ1n) is 13.4. The predicted molar refractivity (Wildman–Crippen MR) is 142 cm³/mol. The van der Waals surface area contributed by atoms with Gasteiger partial charge in [-0.15, -0.1) is 0 Å². The Balaban J connectivity index is 1.37. The number of nitrogens with zero attached hydrogens (tertiary/aromatic N) is 2. The van der Waals surface area contributed by atoms with Crippen molar-refractivity contribution in [3.63, 3.8) is 0 Å². The fraction of sp³-hybridized carbons (Fsp3) is 0.467. The molecule has 0 aliphatic carbocycles. The molecular weight excluding hydrogens is 509 g/mol. The summed E-state index contributed by atoms with van der Waals surface area (Å²) in [7, 11) is 1.60. The van der Waals surface area contributed by atoms with E-state index in [0.29, 0.717) is 44.3 Å². The maximum absolute atomic E-state index is 13.9. The van der Waals surface area contributed by atoms with E-state index in [1.54, 1.807) is 13.3 Å². The molecule has 1 fully saturated rings. The Morgan fingerprint density at radius 1 is 1.08 bits per heavy atom. The van der Waals surface area contributed by atoms with Crippen molar-refractivity contribution in [2.45, 2.75) is 58.0 Å². The van der Waals surface area contributed by atoms with Gasteiger partial charge < -0.3 is 19.8 Å². The number of likely N-dealkylation sites (tertiary alicyclic amines) is 1. The van der Waals surface area contributed by atoms with Crippen molar-refractivity contribution in [1.82, 2.24) is 9.88 Å². The highest BCUT2D eigenvalue weighted by Crippen LogP contribution is 2.40. The third-order valence-electron chi connectivity index (χ3n) is 8.01. The molecule has 0 unspecified atom stereocenters. The summed E-state index contributed by atoms with van der Waals surface area (Å²) in [5.74, 6) is -3.07. The van der Waals surface area contributed by atoms with E-state index >= 15 is 0 Å². The fourth-order valence-electron chi connectivity index (χ4n) is 5.84. The van der Waals surface area contributed by atoms with Gasteiger partial charge in [0.15, 0.2) is 11.6 Å². The van der Waals surface area contributed by atoms with Gasteiger partial charge in [-0.05, 0) is 111 Å². The van der Waals surface area contributed by atoms with Gasteiger partial charge >= 0.3 is 5.97 Å². The summed E-state index contributed by atoms with van der Waals surface area (Å²) >= 11 is 0. The number of carboxylic acids is 1. The van der Waals surface area contributed by atoms with Gasteiger partial charge in [0.1, 0.15) is 11.6 Å². The number of carboxylic acid groups (broad SMARTS) is 1. The van der Waals surface area contributed by atoms with Crippen LogP contribution in [0.15, 0.2) is 36.5 Å². The Hall–Kier alpha value is -3.17. The number of aryl methyl sites for hydroxylation is 2. The smallest absolute Gasteiger partial charge is 0.303 e. The van der Waals surface area contributed by atoms with E-state index in [0.717, 1.165) is 53.8 Å². The highest BCUT2D eigenvalue weighted by atomic mass is 19.2. The summed E-state index contributed by atoms with van der Waals surface area (Å²) in [5, 5.41) is 20.5. The molecule has 6 nitrogen and oxygen atoms in total. The SMILES string of the molecule is COc1ccc2ncc(CO)c(CCCC3(CC(=O)O)CCN(CCCc4cc(F)cc(F)c4F)CC3)c2c1. The molecule has 39 heavy (non-hydrogen) atoms. The minimum Gasteiger partial charge on any atom is -0.497 e. The summed E-state index contributed by atoms with van der Waals surface area (Å²) in [6.07, 6.45) is 6.19. The van der Waals surface area contributed by atoms with Gasteiger partial charge in [0.05, 0.1) is 25.7 Å². The maximum Gasteiger partial charge on any atom is 0.303 e. The van der Waals surface area contributed by atoms with E-state index in [2.05, 4.69) is 9.88 Å². The number of hydrogen-bond donors (Lipinski definition) is 2. The van der Waals surface area contributed by atoms with Crippen molar-refractivity contribution in [1.29, 1.82) is 0 Å². The number of hydrogen-bond acceptors (Lipinski definition) is 5. The van der Waals surface area contributed by atoms with Crippen LogP contribution in [0.25, 0.3) is 10.9 Å². The number of pyridine rings is 1. The van der Waals surface area contributed by atoms with Crippen molar-refractivity contribution < 1.29 is 32.9 Å². The molecular formula is C30H35F3N2O4. The molecule has 0 amide bonds. The van der Waals surface area contributed by atoms with Crippen molar-refractivity contribution in [2.75, 3.05) is 26.7 Å². The summed E-state index contributed by atoms with van der Waals surface area (Å²) in [4.78, 5) is 18.4. The Labute approximate surface area is 226 Å². The first-order valence-corrected chi connectivity index (χ1v) is 13.4. The third kappa shape index (κ3) is 7.08. The molecule has 2 aromatic carbocycles. The van der Waals surface area contributed by atoms with Crippen LogP contribution in [-0.4, -0.2) is 52.8 Å². The molecule has 0 saturated carbocycles. The molecule has 2 heterocycles. The number of aliphatic hydroxyl groups excluding tert-OH is 1. The van der Waals surface area contributed by atoms with Crippen LogP contribution in [0.5, 0.6) is 5.75 Å². The number of ether oxygens (including phenoxy) is 1. The molecule has 3 aromatic rings. The van der Waals surface area contributed by atoms with Crippen LogP contribution in [-0.2, 0) is 24.2 Å². The third-order valence-corrected chi connectivity index (χ3v) is 8.01. The van der Waals surface area contributed by atoms with Crippen LogP contribution < -0.4 is 4.74 Å².